The molecule has 7 nitrogen and oxygen atoms in total. The van der Waals surface area contributed by atoms with Crippen molar-refractivity contribution in [3.8, 4) is 0 Å². The second-order valence-corrected chi connectivity index (χ2v) is 4.71. The molecule has 0 radical (unpaired) electrons. The summed E-state index contributed by atoms with van der Waals surface area (Å²) < 4.78 is 10.8. The third kappa shape index (κ3) is 4.43. The van der Waals surface area contributed by atoms with Crippen molar-refractivity contribution in [1.82, 2.24) is 4.98 Å². The van der Waals surface area contributed by atoms with Crippen LogP contribution in [0.2, 0.25) is 0 Å². The van der Waals surface area contributed by atoms with Gasteiger partial charge in [0.05, 0.1) is 18.1 Å². The topological polar surface area (TPSA) is 86.5 Å². The molecule has 1 N–H and O–H groups in total. The zero-order valence-corrected chi connectivity index (χ0v) is 11.3. The molecule has 1 atom stereocenters. The van der Waals surface area contributed by atoms with E-state index in [2.05, 4.69) is 10.3 Å². The van der Waals surface area contributed by atoms with E-state index in [1.165, 1.54) is 12.3 Å². The molecule has 1 fully saturated rings. The van der Waals surface area contributed by atoms with Gasteiger partial charge in [0.15, 0.2) is 0 Å². The molecule has 0 aliphatic carbocycles. The van der Waals surface area contributed by atoms with Crippen molar-refractivity contribution >= 4 is 11.5 Å². The second kappa shape index (κ2) is 7.76. The molecule has 0 aromatic carbocycles. The molecule has 20 heavy (non-hydrogen) atoms. The van der Waals surface area contributed by atoms with Crippen LogP contribution >= 0.6 is 0 Å². The fourth-order valence-corrected chi connectivity index (χ4v) is 2.03. The SMILES string of the molecule is O=[N+]([O-])c1cccnc1NCCCOC[C@H]1CCOC1. The van der Waals surface area contributed by atoms with Crippen LogP contribution in [-0.2, 0) is 9.47 Å². The minimum Gasteiger partial charge on any atom is -0.381 e. The summed E-state index contributed by atoms with van der Waals surface area (Å²) >= 11 is 0. The minimum atomic E-state index is -0.439. The summed E-state index contributed by atoms with van der Waals surface area (Å²) in [5.41, 5.74) is -0.00322. The van der Waals surface area contributed by atoms with Gasteiger partial charge in [0.25, 0.3) is 0 Å². The molecule has 1 aromatic rings. The summed E-state index contributed by atoms with van der Waals surface area (Å²) in [6.07, 6.45) is 3.38. The van der Waals surface area contributed by atoms with Crippen molar-refractivity contribution in [1.29, 1.82) is 0 Å². The number of anilines is 1. The molecule has 1 aliphatic rings. The lowest BCUT2D eigenvalue weighted by Crippen LogP contribution is -2.12. The molecule has 2 rings (SSSR count). The van der Waals surface area contributed by atoms with Gasteiger partial charge in [0, 0.05) is 37.9 Å². The van der Waals surface area contributed by atoms with Crippen LogP contribution < -0.4 is 5.32 Å². The van der Waals surface area contributed by atoms with Gasteiger partial charge < -0.3 is 14.8 Å². The first-order valence-corrected chi connectivity index (χ1v) is 6.76. The third-order valence-corrected chi connectivity index (χ3v) is 3.12. The Morgan fingerprint density at radius 2 is 2.50 bits per heavy atom. The maximum atomic E-state index is 10.8. The fourth-order valence-electron chi connectivity index (χ4n) is 2.03. The van der Waals surface area contributed by atoms with E-state index in [1.807, 2.05) is 0 Å². The Labute approximate surface area is 117 Å². The molecule has 0 unspecified atom stereocenters. The number of nitrogens with one attached hydrogen (secondary N) is 1. The van der Waals surface area contributed by atoms with E-state index in [1.54, 1.807) is 6.07 Å². The summed E-state index contributed by atoms with van der Waals surface area (Å²) in [7, 11) is 0. The monoisotopic (exact) mass is 281 g/mol. The van der Waals surface area contributed by atoms with E-state index in [0.717, 1.165) is 32.7 Å². The number of nitro groups is 1. The van der Waals surface area contributed by atoms with E-state index >= 15 is 0 Å². The summed E-state index contributed by atoms with van der Waals surface area (Å²) in [6.45, 7) is 3.57. The number of pyridine rings is 1. The van der Waals surface area contributed by atoms with Crippen LogP contribution in [0.5, 0.6) is 0 Å². The fraction of sp³-hybridized carbons (Fsp3) is 0.615. The first-order chi connectivity index (χ1) is 9.77. The molecule has 0 bridgehead atoms. The molecule has 2 heterocycles. The summed E-state index contributed by atoms with van der Waals surface area (Å²) in [6, 6.07) is 2.99. The number of aromatic nitrogens is 1. The Morgan fingerprint density at radius 3 is 3.25 bits per heavy atom. The Bertz CT molecular complexity index is 435. The van der Waals surface area contributed by atoms with E-state index < -0.39 is 4.92 Å². The maximum absolute atomic E-state index is 10.8. The van der Waals surface area contributed by atoms with Gasteiger partial charge in [-0.2, -0.15) is 0 Å². The largest absolute Gasteiger partial charge is 0.381 e. The van der Waals surface area contributed by atoms with Crippen molar-refractivity contribution in [2.24, 2.45) is 5.92 Å². The Kier molecular flexibility index (Phi) is 5.69. The van der Waals surface area contributed by atoms with Gasteiger partial charge >= 0.3 is 5.69 Å². The Morgan fingerprint density at radius 1 is 1.60 bits per heavy atom. The van der Waals surface area contributed by atoms with Crippen molar-refractivity contribution in [3.63, 3.8) is 0 Å². The van der Waals surface area contributed by atoms with Gasteiger partial charge in [-0.15, -0.1) is 0 Å². The molecule has 0 saturated carbocycles. The lowest BCUT2D eigenvalue weighted by molar-refractivity contribution is -0.384. The average molecular weight is 281 g/mol. The quantitative estimate of drug-likeness (QED) is 0.444. The predicted octanol–water partition coefficient (Wildman–Crippen LogP) is 1.84. The van der Waals surface area contributed by atoms with Crippen molar-refractivity contribution in [3.05, 3.63) is 28.4 Å². The zero-order chi connectivity index (χ0) is 14.2. The van der Waals surface area contributed by atoms with Gasteiger partial charge in [0.1, 0.15) is 0 Å². The van der Waals surface area contributed by atoms with Gasteiger partial charge in [0.2, 0.25) is 5.82 Å². The van der Waals surface area contributed by atoms with Crippen molar-refractivity contribution in [2.45, 2.75) is 12.8 Å². The van der Waals surface area contributed by atoms with Crippen LogP contribution in [0.25, 0.3) is 0 Å². The van der Waals surface area contributed by atoms with Crippen molar-refractivity contribution in [2.75, 3.05) is 38.3 Å². The van der Waals surface area contributed by atoms with E-state index in [4.69, 9.17) is 9.47 Å². The summed E-state index contributed by atoms with van der Waals surface area (Å²) in [4.78, 5) is 14.3. The number of rotatable bonds is 8. The van der Waals surface area contributed by atoms with Crippen LogP contribution in [0.15, 0.2) is 18.3 Å². The van der Waals surface area contributed by atoms with Gasteiger partial charge in [-0.05, 0) is 18.9 Å². The lowest BCUT2D eigenvalue weighted by atomic mass is 10.1. The molecule has 110 valence electrons. The normalized spacial score (nSPS) is 18.1. The Hall–Kier alpha value is -1.73. The van der Waals surface area contributed by atoms with E-state index in [-0.39, 0.29) is 5.69 Å². The molecule has 1 aromatic heterocycles. The smallest absolute Gasteiger partial charge is 0.311 e. The molecule has 1 aliphatic heterocycles. The first kappa shape index (κ1) is 14.7. The molecular weight excluding hydrogens is 262 g/mol. The predicted molar refractivity (Wildman–Crippen MR) is 73.7 cm³/mol. The van der Waals surface area contributed by atoms with E-state index in [9.17, 15) is 10.1 Å². The standard InChI is InChI=1S/C13H19N3O4/c17-16(18)12-3-1-5-14-13(12)15-6-2-7-19-9-11-4-8-20-10-11/h1,3,5,11H,2,4,6-10H2,(H,14,15)/t11-/m1/s1. The molecule has 0 amide bonds. The molecule has 7 heteroatoms. The Balaban J connectivity index is 1.62. The highest BCUT2D eigenvalue weighted by Crippen LogP contribution is 2.19. The summed E-state index contributed by atoms with van der Waals surface area (Å²) in [5, 5.41) is 13.8. The highest BCUT2D eigenvalue weighted by molar-refractivity contribution is 5.54. The molecular formula is C13H19N3O4. The minimum absolute atomic E-state index is 0.00322. The maximum Gasteiger partial charge on any atom is 0.311 e. The van der Waals surface area contributed by atoms with E-state index in [0.29, 0.717) is 24.9 Å². The van der Waals surface area contributed by atoms with Crippen LogP contribution in [0.3, 0.4) is 0 Å². The van der Waals surface area contributed by atoms with Crippen molar-refractivity contribution < 1.29 is 14.4 Å². The highest BCUT2D eigenvalue weighted by Gasteiger charge is 2.15. The van der Waals surface area contributed by atoms with Gasteiger partial charge in [-0.1, -0.05) is 0 Å². The number of nitrogens with zero attached hydrogens (tertiary/aromatic N) is 2. The molecule has 0 spiro atoms. The van der Waals surface area contributed by atoms with Crippen LogP contribution in [0.1, 0.15) is 12.8 Å². The van der Waals surface area contributed by atoms with Crippen LogP contribution in [0, 0.1) is 16.0 Å². The van der Waals surface area contributed by atoms with Gasteiger partial charge in [-0.3, -0.25) is 10.1 Å². The number of ether oxygens (including phenoxy) is 2. The average Bonchev–Trinajstić information content (AvgIpc) is 2.96. The summed E-state index contributed by atoms with van der Waals surface area (Å²) in [5.74, 6) is 0.821. The third-order valence-electron chi connectivity index (χ3n) is 3.12. The van der Waals surface area contributed by atoms with Crippen LogP contribution in [0.4, 0.5) is 11.5 Å². The number of hydrogen-bond acceptors (Lipinski definition) is 6. The van der Waals surface area contributed by atoms with Gasteiger partial charge in [-0.25, -0.2) is 4.98 Å². The number of hydrogen-bond donors (Lipinski definition) is 1. The van der Waals surface area contributed by atoms with Crippen LogP contribution in [-0.4, -0.2) is 42.9 Å². The second-order valence-electron chi connectivity index (χ2n) is 4.71. The first-order valence-electron chi connectivity index (χ1n) is 6.76. The molecule has 1 saturated heterocycles. The lowest BCUT2D eigenvalue weighted by Gasteiger charge is -2.09. The highest BCUT2D eigenvalue weighted by atomic mass is 16.6. The zero-order valence-electron chi connectivity index (χ0n) is 11.3.